The molecule has 0 aliphatic heterocycles. The monoisotopic (exact) mass is 223 g/mol. The fourth-order valence-electron chi connectivity index (χ4n) is 1.59. The molecular formula is C13H9N3O. The SMILES string of the molecule is c1ccc(-c2cc(-c3ncco3)ncn2)cc1. The first-order valence-electron chi connectivity index (χ1n) is 5.21. The third kappa shape index (κ3) is 1.92. The molecule has 0 radical (unpaired) electrons. The van der Waals surface area contributed by atoms with Crippen LogP contribution in [-0.4, -0.2) is 15.0 Å². The van der Waals surface area contributed by atoms with Gasteiger partial charge in [-0.2, -0.15) is 0 Å². The molecule has 4 heteroatoms. The summed E-state index contributed by atoms with van der Waals surface area (Å²) in [5, 5.41) is 0. The van der Waals surface area contributed by atoms with Crippen molar-refractivity contribution < 1.29 is 4.42 Å². The second-order valence-electron chi connectivity index (χ2n) is 3.49. The van der Waals surface area contributed by atoms with Crippen molar-refractivity contribution in [1.29, 1.82) is 0 Å². The highest BCUT2D eigenvalue weighted by Crippen LogP contribution is 2.20. The molecule has 0 N–H and O–H groups in total. The predicted molar refractivity (Wildman–Crippen MR) is 63.0 cm³/mol. The van der Waals surface area contributed by atoms with Crippen LogP contribution in [0.5, 0.6) is 0 Å². The van der Waals surface area contributed by atoms with Gasteiger partial charge < -0.3 is 4.42 Å². The van der Waals surface area contributed by atoms with E-state index in [-0.39, 0.29) is 0 Å². The Hall–Kier alpha value is -2.49. The summed E-state index contributed by atoms with van der Waals surface area (Å²) < 4.78 is 5.21. The van der Waals surface area contributed by atoms with Crippen LogP contribution in [0.4, 0.5) is 0 Å². The lowest BCUT2D eigenvalue weighted by molar-refractivity contribution is 0.572. The average molecular weight is 223 g/mol. The molecule has 0 aliphatic rings. The summed E-state index contributed by atoms with van der Waals surface area (Å²) in [6, 6.07) is 11.8. The van der Waals surface area contributed by atoms with Crippen LogP contribution in [0.2, 0.25) is 0 Å². The van der Waals surface area contributed by atoms with Gasteiger partial charge in [0.1, 0.15) is 18.3 Å². The van der Waals surface area contributed by atoms with Gasteiger partial charge in [-0.1, -0.05) is 30.3 Å². The Kier molecular flexibility index (Phi) is 2.38. The zero-order valence-electron chi connectivity index (χ0n) is 8.95. The van der Waals surface area contributed by atoms with Gasteiger partial charge in [0.05, 0.1) is 11.9 Å². The molecule has 2 heterocycles. The van der Waals surface area contributed by atoms with E-state index in [1.54, 1.807) is 6.20 Å². The summed E-state index contributed by atoms with van der Waals surface area (Å²) in [6.07, 6.45) is 4.64. The Labute approximate surface area is 98.0 Å². The van der Waals surface area contributed by atoms with Crippen LogP contribution in [0.3, 0.4) is 0 Å². The summed E-state index contributed by atoms with van der Waals surface area (Å²) in [4.78, 5) is 12.4. The van der Waals surface area contributed by atoms with E-state index in [9.17, 15) is 0 Å². The van der Waals surface area contributed by atoms with Gasteiger partial charge in [0.2, 0.25) is 5.89 Å². The number of aromatic nitrogens is 3. The molecule has 3 aromatic rings. The van der Waals surface area contributed by atoms with E-state index in [2.05, 4.69) is 15.0 Å². The molecule has 0 saturated heterocycles. The number of hydrogen-bond acceptors (Lipinski definition) is 4. The molecule has 0 unspecified atom stereocenters. The van der Waals surface area contributed by atoms with Gasteiger partial charge >= 0.3 is 0 Å². The van der Waals surface area contributed by atoms with Gasteiger partial charge in [-0.05, 0) is 6.07 Å². The standard InChI is InChI=1S/C13H9N3O/c1-2-4-10(5-3-1)11-8-12(16-9-15-11)13-14-6-7-17-13/h1-9H. The number of benzene rings is 1. The Morgan fingerprint density at radius 1 is 0.882 bits per heavy atom. The van der Waals surface area contributed by atoms with Gasteiger partial charge in [0, 0.05) is 5.56 Å². The molecule has 0 atom stereocenters. The molecule has 0 aliphatic carbocycles. The molecule has 0 fully saturated rings. The van der Waals surface area contributed by atoms with Crippen molar-refractivity contribution in [3.8, 4) is 22.8 Å². The Morgan fingerprint density at radius 2 is 1.71 bits per heavy atom. The number of hydrogen-bond donors (Lipinski definition) is 0. The van der Waals surface area contributed by atoms with Crippen molar-refractivity contribution in [2.45, 2.75) is 0 Å². The Balaban J connectivity index is 2.06. The summed E-state index contributed by atoms with van der Waals surface area (Å²) in [5.74, 6) is 0.504. The topological polar surface area (TPSA) is 51.8 Å². The highest BCUT2D eigenvalue weighted by atomic mass is 16.3. The van der Waals surface area contributed by atoms with Gasteiger partial charge in [0.15, 0.2) is 0 Å². The van der Waals surface area contributed by atoms with Gasteiger partial charge in [-0.3, -0.25) is 0 Å². The summed E-state index contributed by atoms with van der Waals surface area (Å²) >= 11 is 0. The van der Waals surface area contributed by atoms with Crippen molar-refractivity contribution in [2.75, 3.05) is 0 Å². The fourth-order valence-corrected chi connectivity index (χ4v) is 1.59. The van der Waals surface area contributed by atoms with Crippen molar-refractivity contribution in [1.82, 2.24) is 15.0 Å². The second-order valence-corrected chi connectivity index (χ2v) is 3.49. The molecule has 0 saturated carbocycles. The number of oxazole rings is 1. The van der Waals surface area contributed by atoms with Crippen LogP contribution in [0.25, 0.3) is 22.8 Å². The van der Waals surface area contributed by atoms with Crippen LogP contribution in [0.1, 0.15) is 0 Å². The summed E-state index contributed by atoms with van der Waals surface area (Å²) in [5.41, 5.74) is 2.58. The third-order valence-corrected chi connectivity index (χ3v) is 2.39. The quantitative estimate of drug-likeness (QED) is 0.670. The normalized spacial score (nSPS) is 10.4. The lowest BCUT2D eigenvalue weighted by Gasteiger charge is -2.01. The van der Waals surface area contributed by atoms with E-state index >= 15 is 0 Å². The van der Waals surface area contributed by atoms with Gasteiger partial charge in [-0.25, -0.2) is 15.0 Å². The van der Waals surface area contributed by atoms with E-state index in [0.29, 0.717) is 11.6 Å². The smallest absolute Gasteiger partial charge is 0.245 e. The summed E-state index contributed by atoms with van der Waals surface area (Å²) in [7, 11) is 0. The van der Waals surface area contributed by atoms with E-state index in [1.165, 1.54) is 12.6 Å². The van der Waals surface area contributed by atoms with Crippen molar-refractivity contribution in [3.05, 3.63) is 55.2 Å². The van der Waals surface area contributed by atoms with Crippen LogP contribution < -0.4 is 0 Å². The van der Waals surface area contributed by atoms with Crippen LogP contribution in [0.15, 0.2) is 59.6 Å². The van der Waals surface area contributed by atoms with E-state index in [1.807, 2.05) is 36.4 Å². The average Bonchev–Trinajstić information content (AvgIpc) is 2.94. The van der Waals surface area contributed by atoms with Crippen molar-refractivity contribution in [2.24, 2.45) is 0 Å². The molecule has 2 aromatic heterocycles. The highest BCUT2D eigenvalue weighted by molar-refractivity contribution is 5.63. The maximum atomic E-state index is 5.21. The minimum Gasteiger partial charge on any atom is -0.443 e. The Morgan fingerprint density at radius 3 is 2.47 bits per heavy atom. The number of rotatable bonds is 2. The maximum absolute atomic E-state index is 5.21. The van der Waals surface area contributed by atoms with E-state index in [4.69, 9.17) is 4.42 Å². The third-order valence-electron chi connectivity index (χ3n) is 2.39. The lowest BCUT2D eigenvalue weighted by Crippen LogP contribution is -1.88. The molecule has 82 valence electrons. The van der Waals surface area contributed by atoms with Crippen LogP contribution in [-0.2, 0) is 0 Å². The molecule has 1 aromatic carbocycles. The largest absolute Gasteiger partial charge is 0.443 e. The second kappa shape index (κ2) is 4.17. The molecule has 0 amide bonds. The summed E-state index contributed by atoms with van der Waals surface area (Å²) in [6.45, 7) is 0. The highest BCUT2D eigenvalue weighted by Gasteiger charge is 2.06. The Bertz CT molecular complexity index is 606. The molecule has 0 bridgehead atoms. The van der Waals surface area contributed by atoms with Crippen molar-refractivity contribution >= 4 is 0 Å². The molecule has 3 rings (SSSR count). The minimum atomic E-state index is 0.504. The fraction of sp³-hybridized carbons (Fsp3) is 0. The van der Waals surface area contributed by atoms with Gasteiger partial charge in [-0.15, -0.1) is 0 Å². The molecule has 4 nitrogen and oxygen atoms in total. The van der Waals surface area contributed by atoms with Crippen molar-refractivity contribution in [3.63, 3.8) is 0 Å². The number of nitrogens with zero attached hydrogens (tertiary/aromatic N) is 3. The predicted octanol–water partition coefficient (Wildman–Crippen LogP) is 2.80. The maximum Gasteiger partial charge on any atom is 0.245 e. The van der Waals surface area contributed by atoms with E-state index in [0.717, 1.165) is 11.3 Å². The molecule has 17 heavy (non-hydrogen) atoms. The first-order chi connectivity index (χ1) is 8.43. The van der Waals surface area contributed by atoms with Gasteiger partial charge in [0.25, 0.3) is 0 Å². The zero-order chi connectivity index (χ0) is 11.5. The minimum absolute atomic E-state index is 0.504. The van der Waals surface area contributed by atoms with Crippen LogP contribution >= 0.6 is 0 Å². The van der Waals surface area contributed by atoms with E-state index < -0.39 is 0 Å². The van der Waals surface area contributed by atoms with Crippen LogP contribution in [0, 0.1) is 0 Å². The first kappa shape index (κ1) is 9.72. The lowest BCUT2D eigenvalue weighted by atomic mass is 10.1. The zero-order valence-corrected chi connectivity index (χ0v) is 8.95. The molecular weight excluding hydrogens is 214 g/mol. The molecule has 0 spiro atoms. The first-order valence-corrected chi connectivity index (χ1v) is 5.21.